The highest BCUT2D eigenvalue weighted by Gasteiger charge is 2.31. The van der Waals surface area contributed by atoms with E-state index in [-0.39, 0.29) is 17.6 Å². The Bertz CT molecular complexity index is 650. The number of carbonyl (C=O) groups is 1. The zero-order chi connectivity index (χ0) is 15.6. The third kappa shape index (κ3) is 4.08. The molecule has 0 radical (unpaired) electrons. The number of hydrogen-bond acceptors (Lipinski definition) is 3. The fraction of sp³-hybridized carbons (Fsp3) is 0.400. The Morgan fingerprint density at radius 1 is 1.33 bits per heavy atom. The minimum Gasteiger partial charge on any atom is -0.304 e. The normalized spacial score (nSPS) is 19.9. The van der Waals surface area contributed by atoms with Gasteiger partial charge in [-0.25, -0.2) is 8.42 Å². The second-order valence-electron chi connectivity index (χ2n) is 5.56. The number of rotatable bonds is 4. The van der Waals surface area contributed by atoms with Crippen LogP contribution < -0.4 is 4.90 Å². The summed E-state index contributed by atoms with van der Waals surface area (Å²) in [6, 6.07) is 6.40. The Labute approximate surface area is 130 Å². The molecule has 1 amide bonds. The molecule has 4 nitrogen and oxygen atoms in total. The average molecular weight is 328 g/mol. The molecule has 6 heteroatoms. The van der Waals surface area contributed by atoms with Crippen LogP contribution in [0.15, 0.2) is 35.7 Å². The molecule has 1 atom stereocenters. The Balaban J connectivity index is 2.33. The number of benzene rings is 1. The van der Waals surface area contributed by atoms with Crippen molar-refractivity contribution in [2.45, 2.75) is 26.3 Å². The number of hydrogen-bond donors (Lipinski definition) is 0. The summed E-state index contributed by atoms with van der Waals surface area (Å²) in [6.07, 6.45) is 1.94. The molecule has 21 heavy (non-hydrogen) atoms. The molecule has 1 aromatic carbocycles. The molecule has 114 valence electrons. The summed E-state index contributed by atoms with van der Waals surface area (Å²) in [7, 11) is -3.22. The maximum atomic E-state index is 12.5. The Morgan fingerprint density at radius 2 is 1.95 bits per heavy atom. The van der Waals surface area contributed by atoms with Gasteiger partial charge in [-0.2, -0.15) is 0 Å². The van der Waals surface area contributed by atoms with Crippen molar-refractivity contribution in [3.63, 3.8) is 0 Å². The van der Waals surface area contributed by atoms with Crippen LogP contribution in [0.4, 0.5) is 5.69 Å². The zero-order valence-electron chi connectivity index (χ0n) is 12.0. The van der Waals surface area contributed by atoms with Crippen molar-refractivity contribution < 1.29 is 13.2 Å². The molecule has 0 saturated heterocycles. The van der Waals surface area contributed by atoms with E-state index >= 15 is 0 Å². The lowest BCUT2D eigenvalue weighted by atomic mass is 10.1. The van der Waals surface area contributed by atoms with E-state index in [1.54, 1.807) is 35.2 Å². The van der Waals surface area contributed by atoms with Gasteiger partial charge in [0.25, 0.3) is 0 Å². The molecule has 0 bridgehead atoms. The van der Waals surface area contributed by atoms with Crippen LogP contribution in [0.25, 0.3) is 0 Å². The van der Waals surface area contributed by atoms with E-state index in [9.17, 15) is 13.2 Å². The monoisotopic (exact) mass is 327 g/mol. The first-order chi connectivity index (χ1) is 9.78. The SMILES string of the molecule is CC(C)CC(=O)N(c1ccc(Cl)cc1)[C@@H]1C=CS(=O)(=O)C1. The smallest absolute Gasteiger partial charge is 0.227 e. The second kappa shape index (κ2) is 6.20. The van der Waals surface area contributed by atoms with Gasteiger partial charge in [0.15, 0.2) is 9.84 Å². The van der Waals surface area contributed by atoms with Crippen molar-refractivity contribution in [3.8, 4) is 0 Å². The number of anilines is 1. The van der Waals surface area contributed by atoms with Crippen molar-refractivity contribution in [2.24, 2.45) is 5.92 Å². The molecule has 1 heterocycles. The molecule has 0 fully saturated rings. The van der Waals surface area contributed by atoms with Gasteiger partial charge in [0, 0.05) is 22.5 Å². The van der Waals surface area contributed by atoms with Gasteiger partial charge in [0.05, 0.1) is 11.8 Å². The van der Waals surface area contributed by atoms with E-state index < -0.39 is 15.9 Å². The summed E-state index contributed by atoms with van der Waals surface area (Å²) in [5, 5.41) is 1.76. The molecule has 0 aliphatic carbocycles. The zero-order valence-corrected chi connectivity index (χ0v) is 13.6. The highest BCUT2D eigenvalue weighted by molar-refractivity contribution is 7.94. The summed E-state index contributed by atoms with van der Waals surface area (Å²) in [5.74, 6) is 0.0489. The summed E-state index contributed by atoms with van der Waals surface area (Å²) in [5.41, 5.74) is 0.664. The summed E-state index contributed by atoms with van der Waals surface area (Å²) in [4.78, 5) is 14.1. The maximum Gasteiger partial charge on any atom is 0.227 e. The van der Waals surface area contributed by atoms with Crippen molar-refractivity contribution >= 4 is 33.0 Å². The number of nitrogens with zero attached hydrogens (tertiary/aromatic N) is 1. The van der Waals surface area contributed by atoms with Crippen LogP contribution in [0.1, 0.15) is 20.3 Å². The third-order valence-electron chi connectivity index (χ3n) is 3.20. The summed E-state index contributed by atoms with van der Waals surface area (Å²) >= 11 is 5.87. The van der Waals surface area contributed by atoms with Crippen LogP contribution in [-0.4, -0.2) is 26.1 Å². The quantitative estimate of drug-likeness (QED) is 0.854. The van der Waals surface area contributed by atoms with Gasteiger partial charge in [-0.1, -0.05) is 25.4 Å². The minimum atomic E-state index is -3.22. The number of carbonyl (C=O) groups excluding carboxylic acids is 1. The highest BCUT2D eigenvalue weighted by Crippen LogP contribution is 2.25. The van der Waals surface area contributed by atoms with Crippen LogP contribution >= 0.6 is 11.6 Å². The number of sulfone groups is 1. The van der Waals surface area contributed by atoms with E-state index in [1.165, 1.54) is 5.41 Å². The van der Waals surface area contributed by atoms with Gasteiger partial charge in [0.2, 0.25) is 5.91 Å². The summed E-state index contributed by atoms with van der Waals surface area (Å²) in [6.45, 7) is 3.92. The molecule has 1 aromatic rings. The molecule has 0 unspecified atom stereocenters. The van der Waals surface area contributed by atoms with Gasteiger partial charge >= 0.3 is 0 Å². The topological polar surface area (TPSA) is 54.5 Å². The predicted molar refractivity (Wildman–Crippen MR) is 85.1 cm³/mol. The van der Waals surface area contributed by atoms with E-state index in [0.29, 0.717) is 17.1 Å². The van der Waals surface area contributed by atoms with Crippen LogP contribution in [0, 0.1) is 5.92 Å². The molecular weight excluding hydrogens is 310 g/mol. The van der Waals surface area contributed by atoms with Gasteiger partial charge in [0.1, 0.15) is 0 Å². The van der Waals surface area contributed by atoms with Crippen molar-refractivity contribution in [3.05, 3.63) is 40.8 Å². The van der Waals surface area contributed by atoms with Crippen molar-refractivity contribution in [1.29, 1.82) is 0 Å². The fourth-order valence-corrected chi connectivity index (χ4v) is 3.68. The molecule has 0 saturated carbocycles. The lowest BCUT2D eigenvalue weighted by molar-refractivity contribution is -0.119. The largest absolute Gasteiger partial charge is 0.304 e. The van der Waals surface area contributed by atoms with Crippen LogP contribution in [-0.2, 0) is 14.6 Å². The van der Waals surface area contributed by atoms with E-state index in [1.807, 2.05) is 13.8 Å². The third-order valence-corrected chi connectivity index (χ3v) is 4.83. The number of amides is 1. The van der Waals surface area contributed by atoms with Crippen LogP contribution in [0.5, 0.6) is 0 Å². The highest BCUT2D eigenvalue weighted by atomic mass is 35.5. The van der Waals surface area contributed by atoms with Gasteiger partial charge in [-0.15, -0.1) is 0 Å². The molecule has 1 aliphatic rings. The van der Waals surface area contributed by atoms with Gasteiger partial charge in [-0.05, 0) is 36.3 Å². The molecule has 0 N–H and O–H groups in total. The lowest BCUT2D eigenvalue weighted by Crippen LogP contribution is -2.41. The van der Waals surface area contributed by atoms with Crippen molar-refractivity contribution in [1.82, 2.24) is 0 Å². The lowest BCUT2D eigenvalue weighted by Gasteiger charge is -2.28. The Morgan fingerprint density at radius 3 is 2.43 bits per heavy atom. The molecular formula is C15H18ClNO3S. The predicted octanol–water partition coefficient (Wildman–Crippen LogP) is 3.03. The first-order valence-corrected chi connectivity index (χ1v) is 8.86. The van der Waals surface area contributed by atoms with E-state index in [2.05, 4.69) is 0 Å². The minimum absolute atomic E-state index is 0.0700. The van der Waals surface area contributed by atoms with Gasteiger partial charge in [-0.3, -0.25) is 4.79 Å². The van der Waals surface area contributed by atoms with Crippen molar-refractivity contribution in [2.75, 3.05) is 10.7 Å². The van der Waals surface area contributed by atoms with Crippen LogP contribution in [0.2, 0.25) is 5.02 Å². The molecule has 0 spiro atoms. The fourth-order valence-electron chi connectivity index (χ4n) is 2.29. The molecule has 0 aromatic heterocycles. The molecule has 1 aliphatic heterocycles. The van der Waals surface area contributed by atoms with E-state index in [4.69, 9.17) is 11.6 Å². The molecule has 2 rings (SSSR count). The standard InChI is InChI=1S/C15H18ClNO3S/c1-11(2)9-15(18)17(13-5-3-12(16)4-6-13)14-7-8-21(19,20)10-14/h3-8,11,14H,9-10H2,1-2H3/t14-/m1/s1. The van der Waals surface area contributed by atoms with E-state index in [0.717, 1.165) is 0 Å². The number of halogens is 1. The summed E-state index contributed by atoms with van der Waals surface area (Å²) < 4.78 is 23.3. The van der Waals surface area contributed by atoms with Crippen LogP contribution in [0.3, 0.4) is 0 Å². The Kier molecular flexibility index (Phi) is 4.74. The Hall–Kier alpha value is -1.33. The maximum absolute atomic E-state index is 12.5. The first kappa shape index (κ1) is 16.0. The van der Waals surface area contributed by atoms with Gasteiger partial charge < -0.3 is 4.90 Å². The first-order valence-electron chi connectivity index (χ1n) is 6.77. The average Bonchev–Trinajstić information content (AvgIpc) is 2.71. The second-order valence-corrected chi connectivity index (χ2v) is 7.93.